The van der Waals surface area contributed by atoms with Crippen molar-refractivity contribution in [3.8, 4) is 11.5 Å². The molecule has 1 aliphatic rings. The number of hydrazone groups is 1. The highest BCUT2D eigenvalue weighted by atomic mass is 79.9. The summed E-state index contributed by atoms with van der Waals surface area (Å²) >= 11 is 3.44. The lowest BCUT2D eigenvalue weighted by molar-refractivity contribution is -0.139. The number of hydrogen-bond donors (Lipinski definition) is 1. The van der Waals surface area contributed by atoms with E-state index in [9.17, 15) is 9.59 Å². The maximum atomic E-state index is 13.4. The van der Waals surface area contributed by atoms with Crippen molar-refractivity contribution in [2.75, 3.05) is 18.2 Å². The van der Waals surface area contributed by atoms with Crippen molar-refractivity contribution in [3.05, 3.63) is 94.0 Å². The van der Waals surface area contributed by atoms with Gasteiger partial charge < -0.3 is 14.6 Å². The number of anilines is 1. The lowest BCUT2D eigenvalue weighted by Crippen LogP contribution is -2.21. The predicted octanol–water partition coefficient (Wildman–Crippen LogP) is 5.15. The summed E-state index contributed by atoms with van der Waals surface area (Å²) in [7, 11) is 0. The van der Waals surface area contributed by atoms with Gasteiger partial charge in [-0.25, -0.2) is 4.79 Å². The van der Waals surface area contributed by atoms with Crippen LogP contribution in [0.1, 0.15) is 18.1 Å². The molecule has 8 heteroatoms. The number of carbonyl (C=O) groups is 2. The lowest BCUT2D eigenvalue weighted by Gasteiger charge is -2.14. The SMILES string of the molecule is CCOc1cc(/C=C2\C(=O)N(c3ccccc3)N=C2c2ccccc2)cc(Br)c1OCC(=O)O. The molecule has 0 saturated carbocycles. The van der Waals surface area contributed by atoms with E-state index in [1.807, 2.05) is 67.6 Å². The number of halogens is 1. The first kappa shape index (κ1) is 23.3. The van der Waals surface area contributed by atoms with Crippen LogP contribution in [-0.4, -0.2) is 35.9 Å². The number of rotatable bonds is 8. The van der Waals surface area contributed by atoms with Gasteiger partial charge in [-0.2, -0.15) is 10.1 Å². The zero-order chi connectivity index (χ0) is 24.1. The quantitative estimate of drug-likeness (QED) is 0.415. The Morgan fingerprint density at radius 2 is 1.74 bits per heavy atom. The summed E-state index contributed by atoms with van der Waals surface area (Å²) in [6, 6.07) is 22.2. The van der Waals surface area contributed by atoms with Crippen LogP contribution in [0.25, 0.3) is 6.08 Å². The fraction of sp³-hybridized carbons (Fsp3) is 0.115. The van der Waals surface area contributed by atoms with Crippen molar-refractivity contribution in [1.82, 2.24) is 0 Å². The number of hydrogen-bond acceptors (Lipinski definition) is 5. The number of amides is 1. The molecule has 0 saturated heterocycles. The number of nitrogens with zero attached hydrogens (tertiary/aromatic N) is 2. The average Bonchev–Trinajstić information content (AvgIpc) is 3.15. The van der Waals surface area contributed by atoms with Crippen molar-refractivity contribution >= 4 is 45.3 Å². The van der Waals surface area contributed by atoms with Crippen LogP contribution in [0.2, 0.25) is 0 Å². The van der Waals surface area contributed by atoms with Gasteiger partial charge in [0.05, 0.1) is 22.3 Å². The molecule has 0 atom stereocenters. The fourth-order valence-corrected chi connectivity index (χ4v) is 4.05. The summed E-state index contributed by atoms with van der Waals surface area (Å²) in [6.45, 7) is 1.67. The van der Waals surface area contributed by atoms with Crippen molar-refractivity contribution in [3.63, 3.8) is 0 Å². The van der Waals surface area contributed by atoms with Crippen molar-refractivity contribution in [1.29, 1.82) is 0 Å². The third-order valence-corrected chi connectivity index (χ3v) is 5.50. The van der Waals surface area contributed by atoms with Crippen molar-refractivity contribution < 1.29 is 24.2 Å². The van der Waals surface area contributed by atoms with E-state index in [1.165, 1.54) is 5.01 Å². The molecule has 1 amide bonds. The van der Waals surface area contributed by atoms with E-state index in [-0.39, 0.29) is 11.7 Å². The Labute approximate surface area is 205 Å². The first-order valence-corrected chi connectivity index (χ1v) is 11.3. The van der Waals surface area contributed by atoms with Crippen LogP contribution >= 0.6 is 15.9 Å². The largest absolute Gasteiger partial charge is 0.490 e. The number of aliphatic carboxylic acids is 1. The molecule has 3 aromatic carbocycles. The summed E-state index contributed by atoms with van der Waals surface area (Å²) in [6.07, 6.45) is 1.74. The van der Waals surface area contributed by atoms with E-state index < -0.39 is 12.6 Å². The van der Waals surface area contributed by atoms with Gasteiger partial charge in [-0.3, -0.25) is 4.79 Å². The lowest BCUT2D eigenvalue weighted by atomic mass is 10.00. The van der Waals surface area contributed by atoms with Gasteiger partial charge in [0.2, 0.25) is 0 Å². The van der Waals surface area contributed by atoms with E-state index >= 15 is 0 Å². The van der Waals surface area contributed by atoms with Gasteiger partial charge in [-0.15, -0.1) is 0 Å². The van der Waals surface area contributed by atoms with Crippen LogP contribution < -0.4 is 14.5 Å². The van der Waals surface area contributed by atoms with E-state index in [0.29, 0.717) is 39.4 Å². The summed E-state index contributed by atoms with van der Waals surface area (Å²) in [5, 5.41) is 15.0. The topological polar surface area (TPSA) is 88.4 Å². The average molecular weight is 521 g/mol. The highest BCUT2D eigenvalue weighted by Crippen LogP contribution is 2.38. The second-order valence-electron chi connectivity index (χ2n) is 7.27. The first-order chi connectivity index (χ1) is 16.5. The summed E-state index contributed by atoms with van der Waals surface area (Å²) in [4.78, 5) is 24.4. The monoisotopic (exact) mass is 520 g/mol. The molecular weight excluding hydrogens is 500 g/mol. The van der Waals surface area contributed by atoms with Crippen LogP contribution in [0.4, 0.5) is 5.69 Å². The Kier molecular flexibility index (Phi) is 7.08. The molecule has 0 aromatic heterocycles. The number of benzene rings is 3. The molecule has 3 aromatic rings. The van der Waals surface area contributed by atoms with E-state index in [0.717, 1.165) is 5.56 Å². The standard InChI is InChI=1S/C26H21BrN2O5/c1-2-33-22-15-17(14-21(27)25(22)34-16-23(30)31)13-20-24(18-9-5-3-6-10-18)28-29(26(20)32)19-11-7-4-8-12-19/h3-15H,2,16H2,1H3,(H,30,31)/b20-13-. The molecule has 0 spiro atoms. The van der Waals surface area contributed by atoms with Gasteiger partial charge in [-0.1, -0.05) is 48.5 Å². The van der Waals surface area contributed by atoms with Crippen LogP contribution in [0.3, 0.4) is 0 Å². The van der Waals surface area contributed by atoms with Gasteiger partial charge in [0.1, 0.15) is 5.71 Å². The Balaban J connectivity index is 1.79. The van der Waals surface area contributed by atoms with Gasteiger partial charge in [0, 0.05) is 5.56 Å². The van der Waals surface area contributed by atoms with Gasteiger partial charge >= 0.3 is 5.97 Å². The summed E-state index contributed by atoms with van der Waals surface area (Å²) in [5.41, 5.74) is 3.11. The maximum absolute atomic E-state index is 13.4. The van der Waals surface area contributed by atoms with Gasteiger partial charge in [-0.05, 0) is 58.8 Å². The molecule has 7 nitrogen and oxygen atoms in total. The molecule has 4 rings (SSSR count). The normalized spacial score (nSPS) is 14.3. The molecule has 0 bridgehead atoms. The Morgan fingerprint density at radius 1 is 1.06 bits per heavy atom. The van der Waals surface area contributed by atoms with Crippen molar-refractivity contribution in [2.45, 2.75) is 6.92 Å². The molecule has 1 N–H and O–H groups in total. The van der Waals surface area contributed by atoms with Crippen LogP contribution in [0.15, 0.2) is 87.9 Å². The van der Waals surface area contributed by atoms with Crippen LogP contribution in [-0.2, 0) is 9.59 Å². The minimum atomic E-state index is -1.10. The molecule has 1 aliphatic heterocycles. The number of para-hydroxylation sites is 1. The number of carbonyl (C=O) groups excluding carboxylic acids is 1. The highest BCUT2D eigenvalue weighted by molar-refractivity contribution is 9.10. The maximum Gasteiger partial charge on any atom is 0.341 e. The Morgan fingerprint density at radius 3 is 2.38 bits per heavy atom. The molecule has 0 radical (unpaired) electrons. The molecule has 0 aliphatic carbocycles. The Bertz CT molecular complexity index is 1270. The zero-order valence-corrected chi connectivity index (χ0v) is 19.9. The molecule has 0 unspecified atom stereocenters. The molecule has 34 heavy (non-hydrogen) atoms. The summed E-state index contributed by atoms with van der Waals surface area (Å²) < 4.78 is 11.6. The Hall–Kier alpha value is -3.91. The predicted molar refractivity (Wildman–Crippen MR) is 133 cm³/mol. The fourth-order valence-electron chi connectivity index (χ4n) is 3.47. The minimum Gasteiger partial charge on any atom is -0.490 e. The highest BCUT2D eigenvalue weighted by Gasteiger charge is 2.32. The summed E-state index contributed by atoms with van der Waals surface area (Å²) in [5.74, 6) is -0.701. The minimum absolute atomic E-state index is 0.259. The van der Waals surface area contributed by atoms with E-state index in [2.05, 4.69) is 21.0 Å². The first-order valence-electron chi connectivity index (χ1n) is 10.5. The molecular formula is C26H21BrN2O5. The van der Waals surface area contributed by atoms with Gasteiger partial charge in [0.15, 0.2) is 18.1 Å². The number of carboxylic acids is 1. The molecule has 172 valence electrons. The third kappa shape index (κ3) is 5.02. The third-order valence-electron chi connectivity index (χ3n) is 4.91. The number of ether oxygens (including phenoxy) is 2. The van der Waals surface area contributed by atoms with E-state index in [1.54, 1.807) is 18.2 Å². The second kappa shape index (κ2) is 10.4. The molecule has 1 heterocycles. The smallest absolute Gasteiger partial charge is 0.341 e. The van der Waals surface area contributed by atoms with Crippen molar-refractivity contribution in [2.24, 2.45) is 5.10 Å². The van der Waals surface area contributed by atoms with E-state index in [4.69, 9.17) is 14.6 Å². The van der Waals surface area contributed by atoms with Gasteiger partial charge in [0.25, 0.3) is 5.91 Å². The van der Waals surface area contributed by atoms with Crippen LogP contribution in [0, 0.1) is 0 Å². The molecule has 0 fully saturated rings. The second-order valence-corrected chi connectivity index (χ2v) is 8.12. The number of carboxylic acid groups (broad SMARTS) is 1. The zero-order valence-electron chi connectivity index (χ0n) is 18.3. The van der Waals surface area contributed by atoms with Crippen LogP contribution in [0.5, 0.6) is 11.5 Å².